The summed E-state index contributed by atoms with van der Waals surface area (Å²) in [5.74, 6) is -0.146. The van der Waals surface area contributed by atoms with E-state index < -0.39 is 5.97 Å². The van der Waals surface area contributed by atoms with E-state index in [9.17, 15) is 4.79 Å². The van der Waals surface area contributed by atoms with Gasteiger partial charge < -0.3 is 9.67 Å². The second-order valence-corrected chi connectivity index (χ2v) is 6.62. The van der Waals surface area contributed by atoms with Crippen molar-refractivity contribution in [2.24, 2.45) is 5.92 Å². The normalized spacial score (nSPS) is 16.9. The Kier molecular flexibility index (Phi) is 3.89. The minimum atomic E-state index is -0.820. The molecular weight excluding hydrogens is 286 g/mol. The lowest BCUT2D eigenvalue weighted by atomic mass is 9.80. The van der Waals surface area contributed by atoms with Crippen molar-refractivity contribution in [1.29, 1.82) is 0 Å². The second-order valence-electron chi connectivity index (χ2n) is 5.67. The smallest absolute Gasteiger partial charge is 0.313 e. The molecule has 1 N–H and O–H groups in total. The number of carboxylic acid groups (broad SMARTS) is 1. The van der Waals surface area contributed by atoms with Crippen molar-refractivity contribution in [3.05, 3.63) is 17.8 Å². The zero-order valence-electron chi connectivity index (χ0n) is 12.2. The van der Waals surface area contributed by atoms with Crippen molar-refractivity contribution in [3.8, 4) is 0 Å². The highest BCUT2D eigenvalue weighted by Crippen LogP contribution is 2.39. The molecule has 21 heavy (non-hydrogen) atoms. The lowest BCUT2D eigenvalue weighted by Gasteiger charge is -2.33. The van der Waals surface area contributed by atoms with E-state index >= 15 is 0 Å². The van der Waals surface area contributed by atoms with Crippen LogP contribution in [0.3, 0.4) is 0 Å². The van der Waals surface area contributed by atoms with E-state index in [0.29, 0.717) is 12.0 Å². The number of aromatic nitrogens is 3. The van der Waals surface area contributed by atoms with E-state index in [1.54, 1.807) is 0 Å². The number of nitrogens with zero attached hydrogens (tertiary/aromatic N) is 3. The first kappa shape index (κ1) is 14.4. The molecule has 2 heterocycles. The number of carboxylic acids is 1. The summed E-state index contributed by atoms with van der Waals surface area (Å²) in [5, 5.41) is 9.68. The zero-order valence-corrected chi connectivity index (χ0v) is 13.1. The quantitative estimate of drug-likeness (QED) is 0.859. The number of aliphatic carboxylic acids is 1. The molecule has 1 aliphatic carbocycles. The molecular formula is C15H19N3O2S. The molecule has 1 aliphatic rings. The lowest BCUT2D eigenvalue weighted by Crippen LogP contribution is -2.23. The monoisotopic (exact) mass is 305 g/mol. The van der Waals surface area contributed by atoms with Crippen molar-refractivity contribution >= 4 is 28.9 Å². The van der Waals surface area contributed by atoms with Gasteiger partial charge >= 0.3 is 5.97 Å². The number of aryl methyl sites for hydroxylation is 1. The Hall–Kier alpha value is -1.56. The number of carbonyl (C=O) groups is 1. The minimum Gasteiger partial charge on any atom is -0.481 e. The standard InChI is InChI=1S/C15H19N3O2S/c1-9-6-7-12-14(16-9)18(10(2)11-4-3-5-11)15(17-12)21-8-13(19)20/h6-7,10-11H,3-5,8H2,1-2H3,(H,19,20). The summed E-state index contributed by atoms with van der Waals surface area (Å²) in [4.78, 5) is 20.1. The average molecular weight is 305 g/mol. The molecule has 2 aromatic rings. The third kappa shape index (κ3) is 2.77. The second kappa shape index (κ2) is 5.67. The van der Waals surface area contributed by atoms with Crippen LogP contribution in [0, 0.1) is 12.8 Å². The Labute approximate surface area is 127 Å². The average Bonchev–Trinajstić information content (AvgIpc) is 2.71. The molecule has 3 rings (SSSR count). The summed E-state index contributed by atoms with van der Waals surface area (Å²) in [6.07, 6.45) is 3.75. The largest absolute Gasteiger partial charge is 0.481 e. The molecule has 1 fully saturated rings. The van der Waals surface area contributed by atoms with Crippen molar-refractivity contribution in [1.82, 2.24) is 14.5 Å². The first-order valence-corrected chi connectivity index (χ1v) is 8.25. The highest BCUT2D eigenvalue weighted by atomic mass is 32.2. The highest BCUT2D eigenvalue weighted by Gasteiger charge is 2.28. The molecule has 0 radical (unpaired) electrons. The summed E-state index contributed by atoms with van der Waals surface area (Å²) in [5.41, 5.74) is 2.68. The molecule has 6 heteroatoms. The lowest BCUT2D eigenvalue weighted by molar-refractivity contribution is -0.133. The van der Waals surface area contributed by atoms with Gasteiger partial charge in [-0.05, 0) is 44.7 Å². The Morgan fingerprint density at radius 3 is 2.86 bits per heavy atom. The van der Waals surface area contributed by atoms with E-state index in [1.807, 2.05) is 19.1 Å². The fourth-order valence-electron chi connectivity index (χ4n) is 2.78. The predicted octanol–water partition coefficient (Wildman–Crippen LogP) is 3.28. The topological polar surface area (TPSA) is 68.0 Å². The van der Waals surface area contributed by atoms with Crippen LogP contribution in [0.1, 0.15) is 37.9 Å². The van der Waals surface area contributed by atoms with Crippen molar-refractivity contribution in [2.45, 2.75) is 44.3 Å². The number of pyridine rings is 1. The number of hydrogen-bond donors (Lipinski definition) is 1. The number of fused-ring (bicyclic) bond motifs is 1. The maximum Gasteiger partial charge on any atom is 0.313 e. The van der Waals surface area contributed by atoms with Gasteiger partial charge in [-0.1, -0.05) is 18.2 Å². The highest BCUT2D eigenvalue weighted by molar-refractivity contribution is 7.99. The van der Waals surface area contributed by atoms with Crippen LogP contribution in [0.25, 0.3) is 11.2 Å². The van der Waals surface area contributed by atoms with Gasteiger partial charge in [0.05, 0.1) is 5.75 Å². The Balaban J connectivity index is 2.04. The summed E-state index contributed by atoms with van der Waals surface area (Å²) < 4.78 is 2.14. The molecule has 1 saturated carbocycles. The fraction of sp³-hybridized carbons (Fsp3) is 0.533. The van der Waals surface area contributed by atoms with Crippen molar-refractivity contribution < 1.29 is 9.90 Å². The maximum absolute atomic E-state index is 10.9. The summed E-state index contributed by atoms with van der Waals surface area (Å²) in [6, 6.07) is 4.22. The molecule has 112 valence electrons. The molecule has 0 amide bonds. The van der Waals surface area contributed by atoms with Gasteiger partial charge in [-0.3, -0.25) is 4.79 Å². The van der Waals surface area contributed by atoms with Crippen LogP contribution in [0.2, 0.25) is 0 Å². The molecule has 5 nitrogen and oxygen atoms in total. The first-order chi connectivity index (χ1) is 10.1. The van der Waals surface area contributed by atoms with Crippen LogP contribution in [0.15, 0.2) is 17.3 Å². The van der Waals surface area contributed by atoms with Crippen LogP contribution in [0.4, 0.5) is 0 Å². The molecule has 1 atom stereocenters. The van der Waals surface area contributed by atoms with Crippen molar-refractivity contribution in [3.63, 3.8) is 0 Å². The zero-order chi connectivity index (χ0) is 15.0. The third-order valence-electron chi connectivity index (χ3n) is 4.21. The maximum atomic E-state index is 10.9. The number of thioether (sulfide) groups is 1. The SMILES string of the molecule is Cc1ccc2nc(SCC(=O)O)n(C(C)C3CCC3)c2n1. The molecule has 0 bridgehead atoms. The summed E-state index contributed by atoms with van der Waals surface area (Å²) in [7, 11) is 0. The van der Waals surface area contributed by atoms with Gasteiger partial charge in [0.15, 0.2) is 10.8 Å². The van der Waals surface area contributed by atoms with Gasteiger partial charge in [0.25, 0.3) is 0 Å². The molecule has 0 aliphatic heterocycles. The fourth-order valence-corrected chi connectivity index (χ4v) is 3.58. The van der Waals surface area contributed by atoms with Gasteiger partial charge in [0.2, 0.25) is 0 Å². The summed E-state index contributed by atoms with van der Waals surface area (Å²) >= 11 is 1.28. The molecule has 0 aromatic carbocycles. The van der Waals surface area contributed by atoms with Crippen LogP contribution in [-0.2, 0) is 4.79 Å². The molecule has 1 unspecified atom stereocenters. The van der Waals surface area contributed by atoms with Crippen LogP contribution < -0.4 is 0 Å². The molecule has 0 saturated heterocycles. The molecule has 0 spiro atoms. The van der Waals surface area contributed by atoms with E-state index in [4.69, 9.17) is 5.11 Å². The molecule has 2 aromatic heterocycles. The van der Waals surface area contributed by atoms with Gasteiger partial charge in [-0.25, -0.2) is 9.97 Å². The summed E-state index contributed by atoms with van der Waals surface area (Å²) in [6.45, 7) is 4.16. The van der Waals surface area contributed by atoms with Gasteiger partial charge in [0.1, 0.15) is 5.52 Å². The van der Waals surface area contributed by atoms with Crippen molar-refractivity contribution in [2.75, 3.05) is 5.75 Å². The van der Waals surface area contributed by atoms with Gasteiger partial charge in [-0.2, -0.15) is 0 Å². The number of imidazole rings is 1. The van der Waals surface area contributed by atoms with E-state index in [2.05, 4.69) is 21.5 Å². The van der Waals surface area contributed by atoms with Crippen LogP contribution in [-0.4, -0.2) is 31.4 Å². The van der Waals surface area contributed by atoms with Gasteiger partial charge in [-0.15, -0.1) is 0 Å². The Morgan fingerprint density at radius 2 is 2.24 bits per heavy atom. The number of rotatable bonds is 5. The van der Waals surface area contributed by atoms with E-state index in [1.165, 1.54) is 31.0 Å². The predicted molar refractivity (Wildman–Crippen MR) is 82.7 cm³/mol. The van der Waals surface area contributed by atoms with Crippen LogP contribution >= 0.6 is 11.8 Å². The first-order valence-electron chi connectivity index (χ1n) is 7.26. The minimum absolute atomic E-state index is 0.0275. The van der Waals surface area contributed by atoms with E-state index in [-0.39, 0.29) is 5.75 Å². The Morgan fingerprint density at radius 1 is 1.48 bits per heavy atom. The van der Waals surface area contributed by atoms with Crippen LogP contribution in [0.5, 0.6) is 0 Å². The number of hydrogen-bond acceptors (Lipinski definition) is 4. The van der Waals surface area contributed by atoms with E-state index in [0.717, 1.165) is 22.0 Å². The third-order valence-corrected chi connectivity index (χ3v) is 5.15. The Bertz CT molecular complexity index is 679. The van der Waals surface area contributed by atoms with Gasteiger partial charge in [0, 0.05) is 11.7 Å².